The Hall–Kier alpha value is -3.61. The van der Waals surface area contributed by atoms with Crippen LogP contribution in [0.15, 0.2) is 60.8 Å². The van der Waals surface area contributed by atoms with Crippen LogP contribution in [0.4, 0.5) is 11.8 Å². The molecule has 0 radical (unpaired) electrons. The number of amides is 1. The van der Waals surface area contributed by atoms with E-state index in [-0.39, 0.29) is 0 Å². The Balaban J connectivity index is 1.55. The molecule has 0 saturated heterocycles. The maximum atomic E-state index is 11.3. The van der Waals surface area contributed by atoms with Gasteiger partial charge >= 0.3 is 0 Å². The number of nitrogen functional groups attached to an aromatic ring is 1. The average Bonchev–Trinajstić information content (AvgIpc) is 2.68. The van der Waals surface area contributed by atoms with Gasteiger partial charge < -0.3 is 21.5 Å². The number of nitrogens with two attached hydrogens (primary N) is 2. The number of ether oxygens (including phenoxy) is 1. The SMILES string of the molecule is NC(=O)c1cccc(Cc2cnc(NCCOc3ccccc3)nc2N)c1. The summed E-state index contributed by atoms with van der Waals surface area (Å²) in [5.74, 6) is 1.19. The van der Waals surface area contributed by atoms with Crippen LogP contribution in [0.2, 0.25) is 0 Å². The van der Waals surface area contributed by atoms with Crippen molar-refractivity contribution in [3.8, 4) is 5.75 Å². The van der Waals surface area contributed by atoms with Crippen LogP contribution in [0.1, 0.15) is 21.5 Å². The summed E-state index contributed by atoms with van der Waals surface area (Å²) in [5, 5.41) is 3.08. The van der Waals surface area contributed by atoms with Gasteiger partial charge in [-0.3, -0.25) is 4.79 Å². The number of carbonyl (C=O) groups excluding carboxylic acids is 1. The van der Waals surface area contributed by atoms with E-state index in [1.54, 1.807) is 24.4 Å². The number of hydrogen-bond acceptors (Lipinski definition) is 6. The van der Waals surface area contributed by atoms with Crippen molar-refractivity contribution < 1.29 is 9.53 Å². The first-order valence-electron chi connectivity index (χ1n) is 8.53. The third kappa shape index (κ3) is 5.18. The zero-order chi connectivity index (χ0) is 19.1. The normalized spacial score (nSPS) is 10.4. The van der Waals surface area contributed by atoms with Crippen molar-refractivity contribution in [2.75, 3.05) is 24.2 Å². The largest absolute Gasteiger partial charge is 0.492 e. The molecule has 1 heterocycles. The van der Waals surface area contributed by atoms with E-state index in [2.05, 4.69) is 15.3 Å². The third-order valence-corrected chi connectivity index (χ3v) is 3.90. The number of hydrogen-bond donors (Lipinski definition) is 3. The number of carbonyl (C=O) groups is 1. The van der Waals surface area contributed by atoms with Gasteiger partial charge in [0.25, 0.3) is 0 Å². The van der Waals surface area contributed by atoms with Gasteiger partial charge in [0.1, 0.15) is 18.2 Å². The maximum Gasteiger partial charge on any atom is 0.248 e. The van der Waals surface area contributed by atoms with Crippen molar-refractivity contribution in [1.29, 1.82) is 0 Å². The first-order chi connectivity index (χ1) is 13.1. The molecule has 0 aliphatic rings. The highest BCUT2D eigenvalue weighted by atomic mass is 16.5. The summed E-state index contributed by atoms with van der Waals surface area (Å²) >= 11 is 0. The van der Waals surface area contributed by atoms with Gasteiger partial charge in [0, 0.05) is 23.7 Å². The lowest BCUT2D eigenvalue weighted by Crippen LogP contribution is -2.14. The number of rotatable bonds is 8. The van der Waals surface area contributed by atoms with Gasteiger partial charge in [0.15, 0.2) is 0 Å². The molecule has 5 N–H and O–H groups in total. The fourth-order valence-electron chi connectivity index (χ4n) is 2.54. The Bertz CT molecular complexity index is 915. The lowest BCUT2D eigenvalue weighted by atomic mass is 10.0. The quantitative estimate of drug-likeness (QED) is 0.529. The van der Waals surface area contributed by atoms with E-state index < -0.39 is 5.91 Å². The maximum absolute atomic E-state index is 11.3. The van der Waals surface area contributed by atoms with Crippen molar-refractivity contribution in [3.63, 3.8) is 0 Å². The Morgan fingerprint density at radius 3 is 2.67 bits per heavy atom. The Kier molecular flexibility index (Phi) is 5.84. The van der Waals surface area contributed by atoms with Crippen LogP contribution in [0, 0.1) is 0 Å². The van der Waals surface area contributed by atoms with E-state index in [4.69, 9.17) is 16.2 Å². The molecule has 0 fully saturated rings. The second-order valence-electron chi connectivity index (χ2n) is 5.93. The molecule has 3 aromatic rings. The zero-order valence-electron chi connectivity index (χ0n) is 14.8. The molecule has 0 aliphatic carbocycles. The van der Waals surface area contributed by atoms with E-state index >= 15 is 0 Å². The van der Waals surface area contributed by atoms with Crippen LogP contribution >= 0.6 is 0 Å². The van der Waals surface area contributed by atoms with Crippen LogP contribution in [-0.4, -0.2) is 29.0 Å². The van der Waals surface area contributed by atoms with E-state index in [1.807, 2.05) is 36.4 Å². The lowest BCUT2D eigenvalue weighted by molar-refractivity contribution is 0.1000. The molecule has 0 bridgehead atoms. The molecular weight excluding hydrogens is 342 g/mol. The van der Waals surface area contributed by atoms with Gasteiger partial charge in [-0.1, -0.05) is 30.3 Å². The third-order valence-electron chi connectivity index (χ3n) is 3.90. The predicted molar refractivity (Wildman–Crippen MR) is 105 cm³/mol. The number of benzene rings is 2. The summed E-state index contributed by atoms with van der Waals surface area (Å²) in [4.78, 5) is 19.9. The zero-order valence-corrected chi connectivity index (χ0v) is 14.8. The monoisotopic (exact) mass is 363 g/mol. The van der Waals surface area contributed by atoms with Crippen LogP contribution in [0.3, 0.4) is 0 Å². The molecule has 7 heteroatoms. The Morgan fingerprint density at radius 1 is 1.11 bits per heavy atom. The number of primary amides is 1. The van der Waals surface area contributed by atoms with Crippen molar-refractivity contribution in [2.45, 2.75) is 6.42 Å². The predicted octanol–water partition coefficient (Wildman–Crippen LogP) is 2.24. The van der Waals surface area contributed by atoms with Gasteiger partial charge in [0.05, 0.1) is 6.54 Å². The molecule has 7 nitrogen and oxygen atoms in total. The van der Waals surface area contributed by atoms with Crippen molar-refractivity contribution in [1.82, 2.24) is 9.97 Å². The van der Waals surface area contributed by atoms with Crippen LogP contribution < -0.4 is 21.5 Å². The molecule has 1 amide bonds. The van der Waals surface area contributed by atoms with Gasteiger partial charge in [-0.15, -0.1) is 0 Å². The van der Waals surface area contributed by atoms with Crippen molar-refractivity contribution >= 4 is 17.7 Å². The molecule has 3 rings (SSSR count). The van der Waals surface area contributed by atoms with Crippen LogP contribution in [-0.2, 0) is 6.42 Å². The molecule has 138 valence electrons. The van der Waals surface area contributed by atoms with Gasteiger partial charge in [-0.2, -0.15) is 4.98 Å². The van der Waals surface area contributed by atoms with E-state index in [1.165, 1.54) is 0 Å². The molecule has 2 aromatic carbocycles. The molecule has 0 unspecified atom stereocenters. The molecule has 1 aromatic heterocycles. The fourth-order valence-corrected chi connectivity index (χ4v) is 2.54. The van der Waals surface area contributed by atoms with Gasteiger partial charge in [0.2, 0.25) is 11.9 Å². The highest BCUT2D eigenvalue weighted by Crippen LogP contribution is 2.16. The minimum Gasteiger partial charge on any atom is -0.492 e. The lowest BCUT2D eigenvalue weighted by Gasteiger charge is -2.10. The summed E-state index contributed by atoms with van der Waals surface area (Å²) in [6, 6.07) is 16.7. The summed E-state index contributed by atoms with van der Waals surface area (Å²) in [5.41, 5.74) is 13.5. The molecule has 0 aliphatic heterocycles. The molecular formula is C20H21N5O2. The Labute approximate surface area is 157 Å². The van der Waals surface area contributed by atoms with E-state index in [9.17, 15) is 4.79 Å². The van der Waals surface area contributed by atoms with Crippen molar-refractivity contribution in [3.05, 3.63) is 77.5 Å². The average molecular weight is 363 g/mol. The summed E-state index contributed by atoms with van der Waals surface area (Å²) in [6.07, 6.45) is 2.20. The molecule has 0 spiro atoms. The number of anilines is 2. The molecule has 0 saturated carbocycles. The Morgan fingerprint density at radius 2 is 1.93 bits per heavy atom. The van der Waals surface area contributed by atoms with E-state index in [0.29, 0.717) is 36.9 Å². The molecule has 27 heavy (non-hydrogen) atoms. The topological polar surface area (TPSA) is 116 Å². The summed E-state index contributed by atoms with van der Waals surface area (Å²) in [7, 11) is 0. The second kappa shape index (κ2) is 8.66. The highest BCUT2D eigenvalue weighted by molar-refractivity contribution is 5.92. The van der Waals surface area contributed by atoms with Crippen LogP contribution in [0.25, 0.3) is 0 Å². The number of nitrogens with zero attached hydrogens (tertiary/aromatic N) is 2. The standard InChI is InChI=1S/C20H21N5O2/c21-18-16(12-14-5-4-6-15(11-14)19(22)26)13-24-20(25-18)23-9-10-27-17-7-2-1-3-8-17/h1-8,11,13H,9-10,12H2,(H2,22,26)(H3,21,23,24,25). The number of para-hydroxylation sites is 1. The minimum absolute atomic E-state index is 0.390. The van der Waals surface area contributed by atoms with Crippen LogP contribution in [0.5, 0.6) is 5.75 Å². The number of aromatic nitrogens is 2. The second-order valence-corrected chi connectivity index (χ2v) is 5.93. The molecule has 0 atom stereocenters. The highest BCUT2D eigenvalue weighted by Gasteiger charge is 2.07. The summed E-state index contributed by atoms with van der Waals surface area (Å²) in [6.45, 7) is 1.03. The minimum atomic E-state index is -0.460. The smallest absolute Gasteiger partial charge is 0.248 e. The first-order valence-corrected chi connectivity index (χ1v) is 8.53. The van der Waals surface area contributed by atoms with Crippen molar-refractivity contribution in [2.24, 2.45) is 5.73 Å². The first kappa shape index (κ1) is 18.2. The van der Waals surface area contributed by atoms with E-state index in [0.717, 1.165) is 16.9 Å². The number of nitrogens with one attached hydrogen (secondary N) is 1. The fraction of sp³-hybridized carbons (Fsp3) is 0.150. The van der Waals surface area contributed by atoms with Gasteiger partial charge in [-0.25, -0.2) is 4.98 Å². The summed E-state index contributed by atoms with van der Waals surface area (Å²) < 4.78 is 5.60. The van der Waals surface area contributed by atoms with Gasteiger partial charge in [-0.05, 0) is 29.8 Å².